The Morgan fingerprint density at radius 3 is 2.64 bits per heavy atom. The fraction of sp³-hybridized carbons (Fsp3) is 0. The van der Waals surface area contributed by atoms with Crippen molar-refractivity contribution >= 4 is 34.4 Å². The second-order valence-electron chi connectivity index (χ2n) is 6.93. The van der Waals surface area contributed by atoms with Crippen LogP contribution in [0.2, 0.25) is 0 Å². The van der Waals surface area contributed by atoms with Crippen molar-refractivity contribution in [2.24, 2.45) is 0 Å². The van der Waals surface area contributed by atoms with E-state index in [1.807, 2.05) is 36.4 Å². The van der Waals surface area contributed by atoms with E-state index in [4.69, 9.17) is 4.74 Å². The Balaban J connectivity index is 1.27. The van der Waals surface area contributed by atoms with Crippen LogP contribution in [0.1, 0.15) is 0 Å². The molecule has 2 N–H and O–H groups in total. The molecule has 33 heavy (non-hydrogen) atoms. The standard InChI is InChI=1S/C24H17N7O2/c32-24(33-21-9-8-16-4-3-12-26-22(16)31-21)29-19-7-1-6-18(14-19)28-23-27-13-10-20(30-23)17-5-2-11-25-15-17/h1-15H,(H,29,32)(H,27,28,30). The van der Waals surface area contributed by atoms with Crippen molar-refractivity contribution < 1.29 is 9.53 Å². The Kier molecular flexibility index (Phi) is 5.50. The van der Waals surface area contributed by atoms with Gasteiger partial charge in [0.1, 0.15) is 0 Å². The van der Waals surface area contributed by atoms with E-state index in [9.17, 15) is 4.79 Å². The maximum atomic E-state index is 12.3. The quantitative estimate of drug-likeness (QED) is 0.403. The zero-order valence-electron chi connectivity index (χ0n) is 17.2. The molecule has 4 aromatic heterocycles. The Hall–Kier alpha value is -4.92. The Morgan fingerprint density at radius 1 is 0.818 bits per heavy atom. The molecule has 0 spiro atoms. The number of nitrogens with one attached hydrogen (secondary N) is 2. The number of ether oxygens (including phenoxy) is 1. The maximum Gasteiger partial charge on any atom is 0.418 e. The zero-order valence-corrected chi connectivity index (χ0v) is 17.2. The molecule has 9 nitrogen and oxygen atoms in total. The predicted molar refractivity (Wildman–Crippen MR) is 124 cm³/mol. The number of amides is 1. The molecular weight excluding hydrogens is 418 g/mol. The molecule has 4 heterocycles. The van der Waals surface area contributed by atoms with E-state index < -0.39 is 6.09 Å². The summed E-state index contributed by atoms with van der Waals surface area (Å²) in [7, 11) is 0. The van der Waals surface area contributed by atoms with Gasteiger partial charge in [-0.25, -0.2) is 19.7 Å². The molecule has 0 aliphatic carbocycles. The number of nitrogens with zero attached hydrogens (tertiary/aromatic N) is 5. The van der Waals surface area contributed by atoms with Crippen LogP contribution in [0.25, 0.3) is 22.3 Å². The van der Waals surface area contributed by atoms with E-state index in [-0.39, 0.29) is 5.88 Å². The van der Waals surface area contributed by atoms with Crippen LogP contribution in [0, 0.1) is 0 Å². The molecule has 0 aliphatic heterocycles. The molecule has 160 valence electrons. The number of carbonyl (C=O) groups excluding carboxylic acids is 1. The molecule has 9 heteroatoms. The summed E-state index contributed by atoms with van der Waals surface area (Å²) in [5.41, 5.74) is 3.37. The zero-order chi connectivity index (χ0) is 22.5. The lowest BCUT2D eigenvalue weighted by Crippen LogP contribution is -2.17. The van der Waals surface area contributed by atoms with E-state index in [0.717, 1.165) is 16.6 Å². The molecule has 0 bridgehead atoms. The first-order valence-corrected chi connectivity index (χ1v) is 10.0. The molecule has 0 saturated heterocycles. The average Bonchev–Trinajstić information content (AvgIpc) is 2.85. The van der Waals surface area contributed by atoms with Gasteiger partial charge < -0.3 is 10.1 Å². The largest absolute Gasteiger partial charge is 0.418 e. The molecule has 0 unspecified atom stereocenters. The first-order valence-electron chi connectivity index (χ1n) is 10.0. The number of pyridine rings is 3. The highest BCUT2D eigenvalue weighted by Gasteiger charge is 2.09. The molecular formula is C24H17N7O2. The SMILES string of the molecule is O=C(Nc1cccc(Nc2nccc(-c3cccnc3)n2)c1)Oc1ccc2cccnc2n1. The number of benzene rings is 1. The lowest BCUT2D eigenvalue weighted by Gasteiger charge is -2.10. The smallest absolute Gasteiger partial charge is 0.391 e. The van der Waals surface area contributed by atoms with Crippen LogP contribution in [0.4, 0.5) is 22.1 Å². The second kappa shape index (κ2) is 9.06. The minimum absolute atomic E-state index is 0.161. The number of anilines is 3. The molecule has 1 amide bonds. The molecule has 0 saturated carbocycles. The molecule has 1 aromatic carbocycles. The van der Waals surface area contributed by atoms with Crippen molar-refractivity contribution in [1.29, 1.82) is 0 Å². The van der Waals surface area contributed by atoms with E-state index >= 15 is 0 Å². The predicted octanol–water partition coefficient (Wildman–Crippen LogP) is 4.84. The number of fused-ring (bicyclic) bond motifs is 1. The van der Waals surface area contributed by atoms with Gasteiger partial charge in [-0.2, -0.15) is 4.98 Å². The van der Waals surface area contributed by atoms with E-state index in [2.05, 4.69) is 35.6 Å². The number of hydrogen-bond donors (Lipinski definition) is 2. The van der Waals surface area contributed by atoms with E-state index in [1.54, 1.807) is 55.1 Å². The lowest BCUT2D eigenvalue weighted by molar-refractivity contribution is 0.213. The minimum Gasteiger partial charge on any atom is -0.391 e. The molecule has 0 aliphatic rings. The van der Waals surface area contributed by atoms with E-state index in [0.29, 0.717) is 23.0 Å². The van der Waals surface area contributed by atoms with Gasteiger partial charge in [0.05, 0.1) is 5.69 Å². The van der Waals surface area contributed by atoms with Crippen molar-refractivity contribution in [2.45, 2.75) is 0 Å². The third-order valence-corrected chi connectivity index (χ3v) is 4.61. The summed E-state index contributed by atoms with van der Waals surface area (Å²) in [5.74, 6) is 0.581. The van der Waals surface area contributed by atoms with Gasteiger partial charge in [0.2, 0.25) is 11.8 Å². The van der Waals surface area contributed by atoms with Crippen LogP contribution < -0.4 is 15.4 Å². The van der Waals surface area contributed by atoms with Gasteiger partial charge in [-0.05, 0) is 54.6 Å². The van der Waals surface area contributed by atoms with Crippen molar-refractivity contribution in [1.82, 2.24) is 24.9 Å². The van der Waals surface area contributed by atoms with Crippen LogP contribution in [0.3, 0.4) is 0 Å². The molecule has 5 aromatic rings. The van der Waals surface area contributed by atoms with Crippen LogP contribution in [-0.2, 0) is 0 Å². The van der Waals surface area contributed by atoms with E-state index in [1.165, 1.54) is 0 Å². The topological polar surface area (TPSA) is 115 Å². The van der Waals surface area contributed by atoms with Gasteiger partial charge in [0.25, 0.3) is 0 Å². The Labute approximate surface area is 188 Å². The molecule has 0 fully saturated rings. The third-order valence-electron chi connectivity index (χ3n) is 4.61. The summed E-state index contributed by atoms with van der Waals surface area (Å²) in [5, 5.41) is 6.69. The summed E-state index contributed by atoms with van der Waals surface area (Å²) >= 11 is 0. The summed E-state index contributed by atoms with van der Waals surface area (Å²) in [6, 6.07) is 19.8. The van der Waals surface area contributed by atoms with Crippen LogP contribution in [-0.4, -0.2) is 31.0 Å². The highest BCUT2D eigenvalue weighted by atomic mass is 16.6. The molecule has 5 rings (SSSR count). The first kappa shape index (κ1) is 20.0. The highest BCUT2D eigenvalue weighted by Crippen LogP contribution is 2.21. The van der Waals surface area contributed by atoms with Crippen molar-refractivity contribution in [3.05, 3.63) is 91.5 Å². The van der Waals surface area contributed by atoms with Gasteiger partial charge in [-0.15, -0.1) is 0 Å². The highest BCUT2D eigenvalue weighted by molar-refractivity contribution is 5.87. The maximum absolute atomic E-state index is 12.3. The van der Waals surface area contributed by atoms with Gasteiger partial charge in [0, 0.05) is 53.2 Å². The van der Waals surface area contributed by atoms with Crippen molar-refractivity contribution in [3.8, 4) is 17.1 Å². The number of aromatic nitrogens is 5. The van der Waals surface area contributed by atoms with Gasteiger partial charge in [0.15, 0.2) is 5.65 Å². The monoisotopic (exact) mass is 435 g/mol. The Bertz CT molecular complexity index is 1430. The van der Waals surface area contributed by atoms with Gasteiger partial charge in [-0.3, -0.25) is 10.3 Å². The first-order chi connectivity index (χ1) is 16.2. The minimum atomic E-state index is -0.662. The summed E-state index contributed by atoms with van der Waals surface area (Å²) in [6.45, 7) is 0. The second-order valence-corrected chi connectivity index (χ2v) is 6.93. The summed E-state index contributed by atoms with van der Waals surface area (Å²) < 4.78 is 5.30. The van der Waals surface area contributed by atoms with Crippen LogP contribution >= 0.6 is 0 Å². The van der Waals surface area contributed by atoms with Crippen LogP contribution in [0.5, 0.6) is 5.88 Å². The van der Waals surface area contributed by atoms with Crippen molar-refractivity contribution in [2.75, 3.05) is 10.6 Å². The van der Waals surface area contributed by atoms with Gasteiger partial charge in [-0.1, -0.05) is 6.07 Å². The third kappa shape index (κ3) is 4.88. The lowest BCUT2D eigenvalue weighted by atomic mass is 10.2. The summed E-state index contributed by atoms with van der Waals surface area (Å²) in [6.07, 6.45) is 6.09. The Morgan fingerprint density at radius 2 is 1.73 bits per heavy atom. The van der Waals surface area contributed by atoms with Gasteiger partial charge >= 0.3 is 6.09 Å². The number of hydrogen-bond acceptors (Lipinski definition) is 8. The summed E-state index contributed by atoms with van der Waals surface area (Å²) in [4.78, 5) is 33.6. The number of rotatable bonds is 5. The normalized spacial score (nSPS) is 10.5. The fourth-order valence-electron chi connectivity index (χ4n) is 3.13. The average molecular weight is 435 g/mol. The fourth-order valence-corrected chi connectivity index (χ4v) is 3.13. The van der Waals surface area contributed by atoms with Crippen LogP contribution in [0.15, 0.2) is 91.5 Å². The number of carbonyl (C=O) groups is 1. The van der Waals surface area contributed by atoms with Crippen molar-refractivity contribution in [3.63, 3.8) is 0 Å². The molecule has 0 radical (unpaired) electrons. The molecule has 0 atom stereocenters.